The number of phosphoric acid groups is 2. The van der Waals surface area contributed by atoms with Crippen molar-refractivity contribution in [1.82, 2.24) is 0 Å². The summed E-state index contributed by atoms with van der Waals surface area (Å²) in [7, 11) is -9.89. The summed E-state index contributed by atoms with van der Waals surface area (Å²) in [5, 5.41) is 10.6. The van der Waals surface area contributed by atoms with Crippen molar-refractivity contribution in [2.75, 3.05) is 39.6 Å². The fourth-order valence-electron chi connectivity index (χ4n) is 10.1. The van der Waals surface area contributed by atoms with Crippen molar-refractivity contribution >= 4 is 39.5 Å². The van der Waals surface area contributed by atoms with Gasteiger partial charge in [0.15, 0.2) is 12.2 Å². The monoisotopic (exact) mass is 1270 g/mol. The zero-order valence-corrected chi connectivity index (χ0v) is 57.4. The van der Waals surface area contributed by atoms with E-state index in [0.29, 0.717) is 25.7 Å². The van der Waals surface area contributed by atoms with Crippen molar-refractivity contribution in [1.29, 1.82) is 0 Å². The summed E-state index contributed by atoms with van der Waals surface area (Å²) in [6.07, 6.45) is 43.0. The van der Waals surface area contributed by atoms with E-state index in [1.807, 2.05) is 0 Å². The lowest BCUT2D eigenvalue weighted by Crippen LogP contribution is -2.30. The molecule has 0 aliphatic rings. The third-order valence-corrected chi connectivity index (χ3v) is 17.4. The minimum atomic E-state index is -4.95. The lowest BCUT2D eigenvalue weighted by molar-refractivity contribution is -0.161. The molecule has 0 spiro atoms. The van der Waals surface area contributed by atoms with Crippen LogP contribution in [0, 0.1) is 11.8 Å². The van der Waals surface area contributed by atoms with Crippen LogP contribution in [0.4, 0.5) is 0 Å². The molecule has 0 radical (unpaired) electrons. The first-order valence-electron chi connectivity index (χ1n) is 35.0. The van der Waals surface area contributed by atoms with Gasteiger partial charge in [0.2, 0.25) is 0 Å². The second kappa shape index (κ2) is 59.4. The van der Waals surface area contributed by atoms with Gasteiger partial charge in [-0.15, -0.1) is 0 Å². The molecule has 0 saturated carbocycles. The highest BCUT2D eigenvalue weighted by molar-refractivity contribution is 7.47. The minimum Gasteiger partial charge on any atom is -0.462 e. The number of phosphoric ester groups is 2. The average Bonchev–Trinajstić information content (AvgIpc) is 3.69. The van der Waals surface area contributed by atoms with Crippen molar-refractivity contribution in [3.05, 3.63) is 0 Å². The second-order valence-electron chi connectivity index (χ2n) is 25.2. The van der Waals surface area contributed by atoms with E-state index in [0.717, 1.165) is 102 Å². The van der Waals surface area contributed by atoms with E-state index in [2.05, 4.69) is 41.5 Å². The van der Waals surface area contributed by atoms with Gasteiger partial charge in [0.05, 0.1) is 26.4 Å². The van der Waals surface area contributed by atoms with E-state index >= 15 is 0 Å². The maximum atomic E-state index is 13.0. The standard InChI is InChI=1S/C67H130O17P2/c1-7-9-11-13-15-17-20-25-33-39-45-51-66(71)83-62(55-77-64(69)49-43-37-31-24-18-16-14-12-10-8-2)57-81-85(73,74)79-53-61(68)54-80-86(75,76)82-58-63(56-78-65(70)50-44-38-32-28-27-30-36-42-48-60(5)6)84-67(72)52-46-40-34-26-22-19-21-23-29-35-41-47-59(3)4/h59-63,68H,7-58H2,1-6H3,(H,73,74)(H,75,76)/t61-,62+,63+/m0/s1. The van der Waals surface area contributed by atoms with Crippen LogP contribution in [0.1, 0.15) is 337 Å². The summed E-state index contributed by atoms with van der Waals surface area (Å²) in [5.74, 6) is -0.637. The normalized spacial score (nSPS) is 14.2. The Morgan fingerprint density at radius 1 is 0.314 bits per heavy atom. The first kappa shape index (κ1) is 84.1. The highest BCUT2D eigenvalue weighted by Crippen LogP contribution is 2.45. The van der Waals surface area contributed by atoms with Crippen LogP contribution in [0.25, 0.3) is 0 Å². The van der Waals surface area contributed by atoms with Gasteiger partial charge >= 0.3 is 39.5 Å². The molecule has 19 heteroatoms. The predicted molar refractivity (Wildman–Crippen MR) is 345 cm³/mol. The van der Waals surface area contributed by atoms with Gasteiger partial charge in [0.1, 0.15) is 19.3 Å². The molecule has 0 aliphatic heterocycles. The van der Waals surface area contributed by atoms with Gasteiger partial charge in [-0.2, -0.15) is 0 Å². The molecule has 0 heterocycles. The topological polar surface area (TPSA) is 237 Å². The van der Waals surface area contributed by atoms with Gasteiger partial charge in [0, 0.05) is 25.7 Å². The minimum absolute atomic E-state index is 0.106. The van der Waals surface area contributed by atoms with Crippen LogP contribution in [0.3, 0.4) is 0 Å². The predicted octanol–water partition coefficient (Wildman–Crippen LogP) is 18.8. The lowest BCUT2D eigenvalue weighted by Gasteiger charge is -2.21. The summed E-state index contributed by atoms with van der Waals surface area (Å²) in [6, 6.07) is 0. The number of carbonyl (C=O) groups is 4. The molecule has 0 aromatic heterocycles. The van der Waals surface area contributed by atoms with E-state index in [-0.39, 0.29) is 25.7 Å². The quantitative estimate of drug-likeness (QED) is 0.0222. The molecule has 0 fully saturated rings. The van der Waals surface area contributed by atoms with E-state index in [1.54, 1.807) is 0 Å². The van der Waals surface area contributed by atoms with Crippen LogP contribution in [0.2, 0.25) is 0 Å². The number of carbonyl (C=O) groups excluding carboxylic acids is 4. The Morgan fingerprint density at radius 3 is 0.791 bits per heavy atom. The summed E-state index contributed by atoms with van der Waals surface area (Å²) >= 11 is 0. The Balaban J connectivity index is 5.25. The van der Waals surface area contributed by atoms with E-state index in [9.17, 15) is 43.2 Å². The van der Waals surface area contributed by atoms with Gasteiger partial charge in [0.25, 0.3) is 0 Å². The lowest BCUT2D eigenvalue weighted by atomic mass is 10.0. The highest BCUT2D eigenvalue weighted by atomic mass is 31.2. The fourth-order valence-corrected chi connectivity index (χ4v) is 11.6. The van der Waals surface area contributed by atoms with E-state index < -0.39 is 97.5 Å². The molecule has 0 bridgehead atoms. The molecule has 0 saturated heterocycles. The Kier molecular flexibility index (Phi) is 58.0. The van der Waals surface area contributed by atoms with Gasteiger partial charge in [-0.1, -0.05) is 286 Å². The number of esters is 4. The third-order valence-electron chi connectivity index (χ3n) is 15.5. The molecule has 5 atom stereocenters. The summed E-state index contributed by atoms with van der Waals surface area (Å²) in [5.41, 5.74) is 0. The van der Waals surface area contributed by atoms with Gasteiger partial charge in [-0.25, -0.2) is 9.13 Å². The number of hydrogen-bond acceptors (Lipinski definition) is 15. The number of aliphatic hydroxyl groups excluding tert-OH is 1. The van der Waals surface area contributed by atoms with Crippen molar-refractivity contribution in [2.24, 2.45) is 11.8 Å². The first-order valence-corrected chi connectivity index (χ1v) is 38.0. The largest absolute Gasteiger partial charge is 0.472 e. The second-order valence-corrected chi connectivity index (χ2v) is 28.1. The van der Waals surface area contributed by atoms with Gasteiger partial charge in [-0.05, 0) is 37.5 Å². The first-order chi connectivity index (χ1) is 41.4. The molecular formula is C67H130O17P2. The van der Waals surface area contributed by atoms with Crippen LogP contribution in [-0.2, 0) is 65.4 Å². The Labute approximate surface area is 524 Å². The van der Waals surface area contributed by atoms with Crippen LogP contribution in [0.15, 0.2) is 0 Å². The third kappa shape index (κ3) is 60.9. The maximum absolute atomic E-state index is 13.0. The summed E-state index contributed by atoms with van der Waals surface area (Å²) < 4.78 is 68.1. The fraction of sp³-hybridized carbons (Fsp3) is 0.940. The van der Waals surface area contributed by atoms with Crippen molar-refractivity contribution in [2.45, 2.75) is 355 Å². The number of aliphatic hydroxyl groups is 1. The molecular weight excluding hydrogens is 1140 g/mol. The SMILES string of the molecule is CCCCCCCCCCCCCC(=O)O[C@H](COC(=O)CCCCCCCCCCCC)COP(=O)(O)OC[C@H](O)COP(=O)(O)OC[C@@H](COC(=O)CCCCCCCCCCC(C)C)OC(=O)CCCCCCCCCCCCCC(C)C. The summed E-state index contributed by atoms with van der Waals surface area (Å²) in [4.78, 5) is 72.4. The smallest absolute Gasteiger partial charge is 0.462 e. The Bertz CT molecular complexity index is 1680. The van der Waals surface area contributed by atoms with Crippen LogP contribution < -0.4 is 0 Å². The van der Waals surface area contributed by atoms with Crippen molar-refractivity contribution in [3.63, 3.8) is 0 Å². The molecule has 3 N–H and O–H groups in total. The Morgan fingerprint density at radius 2 is 0.535 bits per heavy atom. The summed E-state index contributed by atoms with van der Waals surface area (Å²) in [6.45, 7) is 9.48. The number of ether oxygens (including phenoxy) is 4. The highest BCUT2D eigenvalue weighted by Gasteiger charge is 2.30. The Hall–Kier alpha value is -1.94. The molecule has 0 amide bonds. The molecule has 0 aromatic rings. The van der Waals surface area contributed by atoms with Gasteiger partial charge in [-0.3, -0.25) is 37.3 Å². The van der Waals surface area contributed by atoms with Gasteiger partial charge < -0.3 is 33.8 Å². The maximum Gasteiger partial charge on any atom is 0.472 e. The van der Waals surface area contributed by atoms with E-state index in [1.165, 1.54) is 154 Å². The molecule has 2 unspecified atom stereocenters. The molecule has 0 aliphatic carbocycles. The molecule has 510 valence electrons. The average molecular weight is 1270 g/mol. The van der Waals surface area contributed by atoms with Crippen molar-refractivity contribution in [3.8, 4) is 0 Å². The van der Waals surface area contributed by atoms with Crippen LogP contribution in [0.5, 0.6) is 0 Å². The zero-order valence-electron chi connectivity index (χ0n) is 55.6. The molecule has 86 heavy (non-hydrogen) atoms. The molecule has 0 rings (SSSR count). The van der Waals surface area contributed by atoms with Crippen LogP contribution >= 0.6 is 15.6 Å². The molecule has 0 aromatic carbocycles. The van der Waals surface area contributed by atoms with E-state index in [4.69, 9.17) is 37.0 Å². The number of unbranched alkanes of at least 4 members (excludes halogenated alkanes) is 36. The zero-order chi connectivity index (χ0) is 63.6. The van der Waals surface area contributed by atoms with Crippen LogP contribution in [-0.4, -0.2) is 96.7 Å². The molecule has 17 nitrogen and oxygen atoms in total. The van der Waals surface area contributed by atoms with Crippen molar-refractivity contribution < 1.29 is 80.2 Å². The number of rotatable bonds is 66. The number of hydrogen-bond donors (Lipinski definition) is 3.